The fourth-order valence-corrected chi connectivity index (χ4v) is 2.72. The predicted octanol–water partition coefficient (Wildman–Crippen LogP) is 1.32. The molecule has 1 aliphatic heterocycles. The third kappa shape index (κ3) is 5.09. The molecule has 0 aliphatic carbocycles. The van der Waals surface area contributed by atoms with Crippen LogP contribution in [-0.2, 0) is 0 Å². The smallest absolute Gasteiger partial charge is 0.319 e. The van der Waals surface area contributed by atoms with Gasteiger partial charge in [-0.05, 0) is 37.6 Å². The number of aliphatic hydroxyl groups is 1. The predicted molar refractivity (Wildman–Crippen MR) is 93.5 cm³/mol. The minimum atomic E-state index is -0.613. The van der Waals surface area contributed by atoms with Crippen molar-refractivity contribution in [1.82, 2.24) is 16.0 Å². The number of β-amino-alcohol motifs (C(OH)–C–C–N with tert-alkyl or cyclic N) is 1. The maximum absolute atomic E-state index is 12.0. The number of carbonyl (C=O) groups is 2. The topological polar surface area (TPSA) is 102 Å². The number of aliphatic hydroxyl groups excluding tert-OH is 1. The molecule has 7 nitrogen and oxygen atoms in total. The normalized spacial score (nSPS) is 20.3. The van der Waals surface area contributed by atoms with Crippen LogP contribution in [-0.4, -0.2) is 48.8 Å². The standard InChI is InChI=1S/C16H23ClN4O3/c1-2-6-19-15(23)11-4-3-10(8-12(11)17)20-16(24)21-13-5-7-18-9-14(13)22/h3-4,8,13-14,18,22H,2,5-7,9H2,1H3,(H,19,23)(H2,20,21,24)/t13-,14-/m1/s1. The first kappa shape index (κ1) is 18.5. The molecular formula is C16H23ClN4O3. The second kappa shape index (κ2) is 8.86. The molecule has 132 valence electrons. The lowest BCUT2D eigenvalue weighted by Crippen LogP contribution is -2.53. The van der Waals surface area contributed by atoms with Gasteiger partial charge in [-0.1, -0.05) is 18.5 Å². The summed E-state index contributed by atoms with van der Waals surface area (Å²) in [5.74, 6) is -0.240. The molecule has 24 heavy (non-hydrogen) atoms. The van der Waals surface area contributed by atoms with Crippen molar-refractivity contribution >= 4 is 29.2 Å². The van der Waals surface area contributed by atoms with Crippen molar-refractivity contribution in [3.8, 4) is 0 Å². The molecular weight excluding hydrogens is 332 g/mol. The molecule has 0 saturated carbocycles. The molecule has 8 heteroatoms. The van der Waals surface area contributed by atoms with Crippen molar-refractivity contribution in [2.45, 2.75) is 31.9 Å². The maximum atomic E-state index is 12.0. The van der Waals surface area contributed by atoms with Gasteiger partial charge in [0, 0.05) is 18.8 Å². The van der Waals surface area contributed by atoms with E-state index in [1.807, 2.05) is 6.92 Å². The summed E-state index contributed by atoms with van der Waals surface area (Å²) >= 11 is 6.12. The number of rotatable bonds is 5. The first-order valence-electron chi connectivity index (χ1n) is 8.05. The van der Waals surface area contributed by atoms with Crippen molar-refractivity contribution in [1.29, 1.82) is 0 Å². The summed E-state index contributed by atoms with van der Waals surface area (Å²) in [6, 6.07) is 4.01. The number of amides is 3. The Labute approximate surface area is 146 Å². The number of urea groups is 1. The summed E-state index contributed by atoms with van der Waals surface area (Å²) in [5, 5.41) is 21.3. The van der Waals surface area contributed by atoms with Crippen LogP contribution in [0.2, 0.25) is 5.02 Å². The minimum absolute atomic E-state index is 0.240. The fourth-order valence-electron chi connectivity index (χ4n) is 2.46. The lowest BCUT2D eigenvalue weighted by Gasteiger charge is -2.29. The molecule has 2 atom stereocenters. The highest BCUT2D eigenvalue weighted by atomic mass is 35.5. The van der Waals surface area contributed by atoms with Gasteiger partial charge in [-0.2, -0.15) is 0 Å². The molecule has 3 amide bonds. The van der Waals surface area contributed by atoms with Crippen molar-refractivity contribution in [2.75, 3.05) is 25.0 Å². The quantitative estimate of drug-likeness (QED) is 0.550. The van der Waals surface area contributed by atoms with Crippen LogP contribution in [0.3, 0.4) is 0 Å². The van der Waals surface area contributed by atoms with Crippen LogP contribution in [0.25, 0.3) is 0 Å². The van der Waals surface area contributed by atoms with Crippen molar-refractivity contribution < 1.29 is 14.7 Å². The van der Waals surface area contributed by atoms with Crippen LogP contribution in [0.15, 0.2) is 18.2 Å². The van der Waals surface area contributed by atoms with E-state index in [1.165, 1.54) is 6.07 Å². The van der Waals surface area contributed by atoms with E-state index >= 15 is 0 Å². The first-order valence-corrected chi connectivity index (χ1v) is 8.43. The second-order valence-electron chi connectivity index (χ2n) is 5.72. The number of carbonyl (C=O) groups excluding carboxylic acids is 2. The lowest BCUT2D eigenvalue weighted by atomic mass is 10.0. The van der Waals surface area contributed by atoms with E-state index in [1.54, 1.807) is 12.1 Å². The average Bonchev–Trinajstić information content (AvgIpc) is 2.55. The zero-order chi connectivity index (χ0) is 17.5. The van der Waals surface area contributed by atoms with Gasteiger partial charge in [0.2, 0.25) is 0 Å². The number of piperidine rings is 1. The Morgan fingerprint density at radius 2 is 2.21 bits per heavy atom. The van der Waals surface area contributed by atoms with E-state index in [2.05, 4.69) is 21.3 Å². The molecule has 1 fully saturated rings. The molecule has 0 bridgehead atoms. The van der Waals surface area contributed by atoms with Crippen LogP contribution in [0.5, 0.6) is 0 Å². The van der Waals surface area contributed by atoms with Gasteiger partial charge in [-0.25, -0.2) is 4.79 Å². The first-order chi connectivity index (χ1) is 11.5. The van der Waals surface area contributed by atoms with E-state index in [4.69, 9.17) is 11.6 Å². The Hall–Kier alpha value is -1.83. The summed E-state index contributed by atoms with van der Waals surface area (Å²) in [5.41, 5.74) is 0.845. The highest BCUT2D eigenvalue weighted by Gasteiger charge is 2.24. The molecule has 1 aliphatic rings. The van der Waals surface area contributed by atoms with Gasteiger partial charge in [-0.15, -0.1) is 0 Å². The molecule has 0 aromatic heterocycles. The zero-order valence-electron chi connectivity index (χ0n) is 13.6. The van der Waals surface area contributed by atoms with Crippen LogP contribution in [0.4, 0.5) is 10.5 Å². The fraction of sp³-hybridized carbons (Fsp3) is 0.500. The summed E-state index contributed by atoms with van der Waals surface area (Å²) < 4.78 is 0. The maximum Gasteiger partial charge on any atom is 0.319 e. The highest BCUT2D eigenvalue weighted by molar-refractivity contribution is 6.34. The lowest BCUT2D eigenvalue weighted by molar-refractivity contribution is 0.0954. The van der Waals surface area contributed by atoms with Gasteiger partial charge in [0.1, 0.15) is 0 Å². The Balaban J connectivity index is 1.93. The van der Waals surface area contributed by atoms with Crippen molar-refractivity contribution in [3.05, 3.63) is 28.8 Å². The summed E-state index contributed by atoms with van der Waals surface area (Å²) in [6.07, 6.45) is 0.884. The van der Waals surface area contributed by atoms with E-state index in [0.717, 1.165) is 13.0 Å². The molecule has 2 rings (SSSR count). The zero-order valence-corrected chi connectivity index (χ0v) is 14.3. The number of hydrogen-bond donors (Lipinski definition) is 5. The number of nitrogens with one attached hydrogen (secondary N) is 4. The van der Waals surface area contributed by atoms with E-state index in [9.17, 15) is 14.7 Å². The monoisotopic (exact) mass is 354 g/mol. The molecule has 1 aromatic carbocycles. The number of anilines is 1. The number of benzene rings is 1. The van der Waals surface area contributed by atoms with Gasteiger partial charge in [0.05, 0.1) is 22.7 Å². The van der Waals surface area contributed by atoms with E-state index < -0.39 is 12.1 Å². The molecule has 5 N–H and O–H groups in total. The molecule has 0 spiro atoms. The van der Waals surface area contributed by atoms with Gasteiger partial charge in [-0.3, -0.25) is 4.79 Å². The SMILES string of the molecule is CCCNC(=O)c1ccc(NC(=O)N[C@@H]2CCNC[C@H]2O)cc1Cl. The minimum Gasteiger partial charge on any atom is -0.390 e. The largest absolute Gasteiger partial charge is 0.390 e. The summed E-state index contributed by atoms with van der Waals surface area (Å²) in [7, 11) is 0. The molecule has 1 heterocycles. The van der Waals surface area contributed by atoms with Gasteiger partial charge in [0.15, 0.2) is 0 Å². The third-order valence-electron chi connectivity index (χ3n) is 3.77. The van der Waals surface area contributed by atoms with Gasteiger partial charge < -0.3 is 26.4 Å². The Bertz CT molecular complexity index is 597. The highest BCUT2D eigenvalue weighted by Crippen LogP contribution is 2.21. The van der Waals surface area contributed by atoms with E-state index in [-0.39, 0.29) is 17.0 Å². The van der Waals surface area contributed by atoms with Gasteiger partial charge >= 0.3 is 6.03 Å². The molecule has 1 saturated heterocycles. The molecule has 0 radical (unpaired) electrons. The summed E-state index contributed by atoms with van der Waals surface area (Å²) in [6.45, 7) is 3.75. The second-order valence-corrected chi connectivity index (χ2v) is 6.12. The van der Waals surface area contributed by atoms with Crippen LogP contribution in [0, 0.1) is 0 Å². The van der Waals surface area contributed by atoms with Crippen LogP contribution < -0.4 is 21.3 Å². The Morgan fingerprint density at radius 1 is 1.42 bits per heavy atom. The summed E-state index contributed by atoms with van der Waals surface area (Å²) in [4.78, 5) is 23.9. The van der Waals surface area contributed by atoms with Crippen molar-refractivity contribution in [2.24, 2.45) is 0 Å². The van der Waals surface area contributed by atoms with Crippen LogP contribution in [0.1, 0.15) is 30.1 Å². The Morgan fingerprint density at radius 3 is 2.88 bits per heavy atom. The molecule has 0 unspecified atom stereocenters. The number of halogens is 1. The average molecular weight is 355 g/mol. The van der Waals surface area contributed by atoms with Crippen LogP contribution >= 0.6 is 11.6 Å². The van der Waals surface area contributed by atoms with E-state index in [0.29, 0.717) is 30.8 Å². The number of hydrogen-bond acceptors (Lipinski definition) is 4. The van der Waals surface area contributed by atoms with Gasteiger partial charge in [0.25, 0.3) is 5.91 Å². The van der Waals surface area contributed by atoms with Crippen molar-refractivity contribution in [3.63, 3.8) is 0 Å². The molecule has 1 aromatic rings. The third-order valence-corrected chi connectivity index (χ3v) is 4.09. The Kier molecular flexibility index (Phi) is 6.84.